The summed E-state index contributed by atoms with van der Waals surface area (Å²) in [5.74, 6) is 0. The zero-order chi connectivity index (χ0) is 10.7. The van der Waals surface area contributed by atoms with Crippen molar-refractivity contribution in [2.24, 2.45) is 0 Å². The Bertz CT molecular complexity index is 278. The van der Waals surface area contributed by atoms with Crippen LogP contribution in [0, 0.1) is 0 Å². The minimum atomic E-state index is 0.425. The Balaban J connectivity index is 2.12. The lowest BCUT2D eigenvalue weighted by atomic mass is 10.1. The molecule has 0 radical (unpaired) electrons. The van der Waals surface area contributed by atoms with Crippen molar-refractivity contribution in [2.75, 3.05) is 18.0 Å². The third-order valence-corrected chi connectivity index (χ3v) is 2.86. The third kappa shape index (κ3) is 2.31. The van der Waals surface area contributed by atoms with Crippen LogP contribution >= 0.6 is 0 Å². The van der Waals surface area contributed by atoms with E-state index in [1.54, 1.807) is 12.5 Å². The maximum Gasteiger partial charge on any atom is 0.297 e. The minimum Gasteiger partial charge on any atom is -0.432 e. The highest BCUT2D eigenvalue weighted by molar-refractivity contribution is 5.29. The molecule has 1 aromatic heterocycles. The van der Waals surface area contributed by atoms with E-state index in [1.807, 2.05) is 0 Å². The molecular formula is C11H19N3O. The van der Waals surface area contributed by atoms with Gasteiger partial charge in [0.05, 0.1) is 6.20 Å². The van der Waals surface area contributed by atoms with E-state index in [9.17, 15) is 0 Å². The monoisotopic (exact) mass is 209 g/mol. The summed E-state index contributed by atoms with van der Waals surface area (Å²) >= 11 is 0. The molecule has 1 saturated heterocycles. The van der Waals surface area contributed by atoms with Crippen molar-refractivity contribution in [3.63, 3.8) is 0 Å². The maximum atomic E-state index is 5.40. The van der Waals surface area contributed by atoms with E-state index in [-0.39, 0.29) is 0 Å². The van der Waals surface area contributed by atoms with Crippen LogP contribution in [0.15, 0.2) is 16.9 Å². The second-order valence-electron chi connectivity index (χ2n) is 4.32. The van der Waals surface area contributed by atoms with Crippen LogP contribution in [-0.4, -0.2) is 30.2 Å². The quantitative estimate of drug-likeness (QED) is 0.821. The van der Waals surface area contributed by atoms with Crippen molar-refractivity contribution in [1.82, 2.24) is 10.3 Å². The Hall–Kier alpha value is -1.03. The molecule has 4 heteroatoms. The van der Waals surface area contributed by atoms with Crippen LogP contribution in [-0.2, 0) is 0 Å². The van der Waals surface area contributed by atoms with Crippen molar-refractivity contribution in [3.05, 3.63) is 12.5 Å². The summed E-state index contributed by atoms with van der Waals surface area (Å²) in [6.45, 7) is 6.52. The van der Waals surface area contributed by atoms with Crippen molar-refractivity contribution in [2.45, 2.75) is 38.8 Å². The van der Waals surface area contributed by atoms with Crippen LogP contribution in [0.2, 0.25) is 0 Å². The Morgan fingerprint density at radius 3 is 3.00 bits per heavy atom. The lowest BCUT2D eigenvalue weighted by Gasteiger charge is -2.36. The molecule has 84 valence electrons. The predicted octanol–water partition coefficient (Wildman–Crippen LogP) is 1.64. The Kier molecular flexibility index (Phi) is 3.26. The van der Waals surface area contributed by atoms with Crippen LogP contribution in [0.3, 0.4) is 0 Å². The van der Waals surface area contributed by atoms with Crippen LogP contribution in [0.25, 0.3) is 0 Å². The molecule has 1 aliphatic heterocycles. The minimum absolute atomic E-state index is 0.425. The number of nitrogens with one attached hydrogen (secondary N) is 1. The topological polar surface area (TPSA) is 41.3 Å². The maximum absolute atomic E-state index is 5.40. The Morgan fingerprint density at radius 2 is 2.47 bits per heavy atom. The molecule has 1 aliphatic rings. The lowest BCUT2D eigenvalue weighted by Crippen LogP contribution is -2.49. The van der Waals surface area contributed by atoms with Gasteiger partial charge in [-0.2, -0.15) is 0 Å². The second-order valence-corrected chi connectivity index (χ2v) is 4.32. The van der Waals surface area contributed by atoms with Gasteiger partial charge < -0.3 is 14.6 Å². The summed E-state index contributed by atoms with van der Waals surface area (Å²) in [4.78, 5) is 6.51. The normalized spacial score (nSPS) is 21.9. The van der Waals surface area contributed by atoms with Gasteiger partial charge in [0.2, 0.25) is 0 Å². The summed E-state index contributed by atoms with van der Waals surface area (Å²) in [5, 5.41) is 3.42. The van der Waals surface area contributed by atoms with Gasteiger partial charge in [0.15, 0.2) is 0 Å². The van der Waals surface area contributed by atoms with Crippen LogP contribution in [0.1, 0.15) is 26.7 Å². The molecule has 0 amide bonds. The van der Waals surface area contributed by atoms with E-state index in [2.05, 4.69) is 29.0 Å². The number of hydrogen-bond donors (Lipinski definition) is 1. The van der Waals surface area contributed by atoms with E-state index < -0.39 is 0 Å². The first-order chi connectivity index (χ1) is 7.29. The van der Waals surface area contributed by atoms with Gasteiger partial charge in [0.25, 0.3) is 6.01 Å². The highest BCUT2D eigenvalue weighted by Gasteiger charge is 2.25. The van der Waals surface area contributed by atoms with Gasteiger partial charge >= 0.3 is 0 Å². The summed E-state index contributed by atoms with van der Waals surface area (Å²) in [5.41, 5.74) is 0. The first kappa shape index (κ1) is 10.5. The highest BCUT2D eigenvalue weighted by atomic mass is 16.4. The Morgan fingerprint density at radius 1 is 1.60 bits per heavy atom. The number of oxazole rings is 1. The number of rotatable bonds is 3. The lowest BCUT2D eigenvalue weighted by molar-refractivity contribution is 0.387. The number of hydrogen-bond acceptors (Lipinski definition) is 4. The second kappa shape index (κ2) is 4.66. The number of anilines is 1. The van der Waals surface area contributed by atoms with E-state index in [4.69, 9.17) is 4.42 Å². The fourth-order valence-electron chi connectivity index (χ4n) is 2.21. The molecule has 1 atom stereocenters. The molecule has 15 heavy (non-hydrogen) atoms. The molecule has 0 bridgehead atoms. The average Bonchev–Trinajstić information content (AvgIpc) is 2.72. The molecular weight excluding hydrogens is 190 g/mol. The average molecular weight is 209 g/mol. The number of aromatic nitrogens is 1. The zero-order valence-electron chi connectivity index (χ0n) is 9.44. The SMILES string of the molecule is CC(C)N(c1ncco1)C1CCCNC1. The van der Waals surface area contributed by atoms with Crippen LogP contribution in [0.5, 0.6) is 0 Å². The number of nitrogens with zero attached hydrogens (tertiary/aromatic N) is 2. The van der Waals surface area contributed by atoms with Gasteiger partial charge in [-0.05, 0) is 33.2 Å². The van der Waals surface area contributed by atoms with E-state index in [0.717, 1.165) is 19.1 Å². The van der Waals surface area contributed by atoms with Crippen molar-refractivity contribution in [3.8, 4) is 0 Å². The summed E-state index contributed by atoms with van der Waals surface area (Å²) < 4.78 is 5.40. The van der Waals surface area contributed by atoms with Crippen LogP contribution in [0.4, 0.5) is 6.01 Å². The van der Waals surface area contributed by atoms with Gasteiger partial charge in [0, 0.05) is 18.6 Å². The molecule has 1 unspecified atom stereocenters. The molecule has 0 aromatic carbocycles. The molecule has 2 heterocycles. The smallest absolute Gasteiger partial charge is 0.297 e. The molecule has 2 rings (SSSR count). The molecule has 1 fully saturated rings. The summed E-state index contributed by atoms with van der Waals surface area (Å²) in [6.07, 6.45) is 5.80. The fourth-order valence-corrected chi connectivity index (χ4v) is 2.21. The van der Waals surface area contributed by atoms with Crippen molar-refractivity contribution in [1.29, 1.82) is 0 Å². The van der Waals surface area contributed by atoms with Gasteiger partial charge in [-0.3, -0.25) is 0 Å². The molecule has 1 N–H and O–H groups in total. The van der Waals surface area contributed by atoms with Gasteiger partial charge in [-0.1, -0.05) is 0 Å². The van der Waals surface area contributed by atoms with E-state index in [0.29, 0.717) is 12.1 Å². The fraction of sp³-hybridized carbons (Fsp3) is 0.727. The first-order valence-electron chi connectivity index (χ1n) is 5.67. The van der Waals surface area contributed by atoms with E-state index >= 15 is 0 Å². The highest BCUT2D eigenvalue weighted by Crippen LogP contribution is 2.21. The van der Waals surface area contributed by atoms with Crippen molar-refractivity contribution < 1.29 is 4.42 Å². The van der Waals surface area contributed by atoms with Gasteiger partial charge in [-0.25, -0.2) is 4.98 Å². The number of piperidine rings is 1. The molecule has 4 nitrogen and oxygen atoms in total. The molecule has 1 aromatic rings. The standard InChI is InChI=1S/C11H19N3O/c1-9(2)14(11-13-6-7-15-11)10-4-3-5-12-8-10/h6-7,9-10,12H,3-5,8H2,1-2H3. The molecule has 0 spiro atoms. The largest absolute Gasteiger partial charge is 0.432 e. The summed E-state index contributed by atoms with van der Waals surface area (Å²) in [7, 11) is 0. The van der Waals surface area contributed by atoms with Crippen LogP contribution < -0.4 is 10.2 Å². The molecule has 0 saturated carbocycles. The van der Waals surface area contributed by atoms with Gasteiger partial charge in [0.1, 0.15) is 6.26 Å². The third-order valence-electron chi connectivity index (χ3n) is 2.86. The zero-order valence-corrected chi connectivity index (χ0v) is 9.44. The first-order valence-corrected chi connectivity index (χ1v) is 5.67. The summed E-state index contributed by atoms with van der Waals surface area (Å²) in [6, 6.07) is 1.68. The Labute approximate surface area is 90.7 Å². The molecule has 0 aliphatic carbocycles. The van der Waals surface area contributed by atoms with Crippen molar-refractivity contribution >= 4 is 6.01 Å². The van der Waals surface area contributed by atoms with E-state index in [1.165, 1.54) is 12.8 Å². The predicted molar refractivity (Wildman–Crippen MR) is 60.0 cm³/mol. The van der Waals surface area contributed by atoms with Gasteiger partial charge in [-0.15, -0.1) is 0 Å².